The van der Waals surface area contributed by atoms with Gasteiger partial charge >= 0.3 is 0 Å². The SMILES string of the molecule is O=C(Nc1nncs1)C1CCCN(C(=O)CCc2ccc(-c3ccccc3F)o2)C1. The zero-order valence-electron chi connectivity index (χ0n) is 16.2. The van der Waals surface area contributed by atoms with Crippen molar-refractivity contribution in [3.63, 3.8) is 0 Å². The first-order chi connectivity index (χ1) is 14.6. The number of aryl methyl sites for hydroxylation is 1. The fourth-order valence-electron chi connectivity index (χ4n) is 3.56. The number of benzene rings is 1. The Morgan fingerprint density at radius 1 is 1.27 bits per heavy atom. The van der Waals surface area contributed by atoms with Crippen molar-refractivity contribution in [3.8, 4) is 11.3 Å². The number of carbonyl (C=O) groups excluding carboxylic acids is 2. The van der Waals surface area contributed by atoms with Crippen LogP contribution < -0.4 is 5.32 Å². The summed E-state index contributed by atoms with van der Waals surface area (Å²) >= 11 is 1.26. The third kappa shape index (κ3) is 4.73. The smallest absolute Gasteiger partial charge is 0.231 e. The molecule has 0 aliphatic carbocycles. The first-order valence-corrected chi connectivity index (χ1v) is 10.7. The van der Waals surface area contributed by atoms with Crippen LogP contribution in [0.25, 0.3) is 11.3 Å². The molecule has 30 heavy (non-hydrogen) atoms. The van der Waals surface area contributed by atoms with Crippen molar-refractivity contribution in [2.45, 2.75) is 25.7 Å². The number of aromatic nitrogens is 2. The second-order valence-electron chi connectivity index (χ2n) is 7.16. The molecule has 1 atom stereocenters. The molecule has 4 rings (SSSR count). The van der Waals surface area contributed by atoms with E-state index in [-0.39, 0.29) is 30.0 Å². The van der Waals surface area contributed by atoms with Gasteiger partial charge in [-0.15, -0.1) is 10.2 Å². The van der Waals surface area contributed by atoms with E-state index in [0.717, 1.165) is 12.8 Å². The maximum absolute atomic E-state index is 13.9. The minimum absolute atomic E-state index is 0.0211. The van der Waals surface area contributed by atoms with Crippen LogP contribution in [-0.2, 0) is 16.0 Å². The molecule has 1 aliphatic heterocycles. The summed E-state index contributed by atoms with van der Waals surface area (Å²) in [7, 11) is 0. The zero-order chi connectivity index (χ0) is 20.9. The molecule has 2 amide bonds. The second-order valence-corrected chi connectivity index (χ2v) is 7.99. The minimum atomic E-state index is -0.347. The summed E-state index contributed by atoms with van der Waals surface area (Å²) in [5.41, 5.74) is 1.95. The fraction of sp³-hybridized carbons (Fsp3) is 0.333. The van der Waals surface area contributed by atoms with E-state index in [1.54, 1.807) is 40.7 Å². The predicted octanol–water partition coefficient (Wildman–Crippen LogP) is 3.75. The van der Waals surface area contributed by atoms with Crippen LogP contribution in [0.4, 0.5) is 9.52 Å². The molecule has 1 saturated heterocycles. The summed E-state index contributed by atoms with van der Waals surface area (Å²) in [6, 6.07) is 9.90. The molecule has 1 unspecified atom stereocenters. The highest BCUT2D eigenvalue weighted by atomic mass is 32.1. The average Bonchev–Trinajstić information content (AvgIpc) is 3.44. The summed E-state index contributed by atoms with van der Waals surface area (Å²) in [4.78, 5) is 26.8. The van der Waals surface area contributed by atoms with Gasteiger partial charge in [0, 0.05) is 25.9 Å². The molecule has 0 saturated carbocycles. The molecule has 156 valence electrons. The quantitative estimate of drug-likeness (QED) is 0.646. The van der Waals surface area contributed by atoms with Crippen LogP contribution in [0.15, 0.2) is 46.3 Å². The van der Waals surface area contributed by atoms with Crippen molar-refractivity contribution in [2.75, 3.05) is 18.4 Å². The molecule has 7 nitrogen and oxygen atoms in total. The van der Waals surface area contributed by atoms with Gasteiger partial charge in [-0.1, -0.05) is 23.5 Å². The Bertz CT molecular complexity index is 1020. The number of amides is 2. The van der Waals surface area contributed by atoms with E-state index in [1.165, 1.54) is 17.4 Å². The van der Waals surface area contributed by atoms with E-state index < -0.39 is 0 Å². The van der Waals surface area contributed by atoms with Gasteiger partial charge in [0.2, 0.25) is 16.9 Å². The maximum Gasteiger partial charge on any atom is 0.231 e. The highest BCUT2D eigenvalue weighted by Crippen LogP contribution is 2.26. The number of furan rings is 1. The van der Waals surface area contributed by atoms with Crippen LogP contribution in [0.2, 0.25) is 0 Å². The van der Waals surface area contributed by atoms with Crippen LogP contribution in [0.3, 0.4) is 0 Å². The molecule has 1 N–H and O–H groups in total. The van der Waals surface area contributed by atoms with Gasteiger partial charge < -0.3 is 14.6 Å². The number of piperidine rings is 1. The monoisotopic (exact) mass is 428 g/mol. The standard InChI is InChI=1S/C21H21FN4O3S/c22-17-6-2-1-5-16(17)18-9-7-15(29-18)8-10-19(27)26-11-3-4-14(12-26)20(28)24-21-25-23-13-30-21/h1-2,5-7,9,13-14H,3-4,8,10-12H2,(H,24,25,28). The Kier molecular flexibility index (Phi) is 6.18. The molecule has 1 aromatic carbocycles. The lowest BCUT2D eigenvalue weighted by atomic mass is 9.97. The van der Waals surface area contributed by atoms with Crippen LogP contribution in [0, 0.1) is 11.7 Å². The van der Waals surface area contributed by atoms with Crippen molar-refractivity contribution < 1.29 is 18.4 Å². The largest absolute Gasteiger partial charge is 0.461 e. The van der Waals surface area contributed by atoms with Gasteiger partial charge in [0.1, 0.15) is 22.8 Å². The molecular formula is C21H21FN4O3S. The summed E-state index contributed by atoms with van der Waals surface area (Å²) < 4.78 is 19.6. The summed E-state index contributed by atoms with van der Waals surface area (Å²) in [6.07, 6.45) is 2.21. The Balaban J connectivity index is 1.31. The number of anilines is 1. The van der Waals surface area contributed by atoms with Gasteiger partial charge in [0.15, 0.2) is 0 Å². The molecule has 1 fully saturated rings. The molecule has 0 radical (unpaired) electrons. The third-order valence-electron chi connectivity index (χ3n) is 5.12. The number of carbonyl (C=O) groups is 2. The first-order valence-electron chi connectivity index (χ1n) is 9.78. The molecule has 3 heterocycles. The normalized spacial score (nSPS) is 16.4. The van der Waals surface area contributed by atoms with Gasteiger partial charge in [-0.2, -0.15) is 0 Å². The number of hydrogen-bond donors (Lipinski definition) is 1. The lowest BCUT2D eigenvalue weighted by molar-refractivity contribution is -0.134. The summed E-state index contributed by atoms with van der Waals surface area (Å²) in [6.45, 7) is 1.03. The van der Waals surface area contributed by atoms with E-state index in [2.05, 4.69) is 15.5 Å². The molecular weight excluding hydrogens is 407 g/mol. The highest BCUT2D eigenvalue weighted by Gasteiger charge is 2.28. The number of halogens is 1. The van der Waals surface area contributed by atoms with Crippen molar-refractivity contribution in [2.24, 2.45) is 5.92 Å². The van der Waals surface area contributed by atoms with Crippen molar-refractivity contribution in [1.29, 1.82) is 0 Å². The molecule has 0 spiro atoms. The van der Waals surface area contributed by atoms with Gasteiger partial charge in [-0.3, -0.25) is 9.59 Å². The topological polar surface area (TPSA) is 88.3 Å². The number of rotatable bonds is 6. The van der Waals surface area contributed by atoms with Crippen molar-refractivity contribution in [1.82, 2.24) is 15.1 Å². The Hall–Kier alpha value is -3.07. The Morgan fingerprint density at radius 3 is 2.93 bits per heavy atom. The predicted molar refractivity (Wildman–Crippen MR) is 110 cm³/mol. The van der Waals surface area contributed by atoms with Crippen LogP contribution >= 0.6 is 11.3 Å². The minimum Gasteiger partial charge on any atom is -0.461 e. The number of nitrogens with one attached hydrogen (secondary N) is 1. The Morgan fingerprint density at radius 2 is 2.13 bits per heavy atom. The molecule has 2 aromatic heterocycles. The highest BCUT2D eigenvalue weighted by molar-refractivity contribution is 7.13. The Labute approximate surface area is 176 Å². The maximum atomic E-state index is 13.9. The van der Waals surface area contributed by atoms with Gasteiger partial charge in [0.25, 0.3) is 0 Å². The molecule has 0 bridgehead atoms. The van der Waals surface area contributed by atoms with E-state index in [1.807, 2.05) is 0 Å². The average molecular weight is 428 g/mol. The molecule has 3 aromatic rings. The van der Waals surface area contributed by atoms with Gasteiger partial charge in [-0.25, -0.2) is 4.39 Å². The lowest BCUT2D eigenvalue weighted by Gasteiger charge is -2.31. The van der Waals surface area contributed by atoms with Crippen LogP contribution in [-0.4, -0.2) is 40.0 Å². The second kappa shape index (κ2) is 9.17. The van der Waals surface area contributed by atoms with Crippen molar-refractivity contribution in [3.05, 3.63) is 53.5 Å². The summed E-state index contributed by atoms with van der Waals surface area (Å²) in [5, 5.41) is 10.7. The zero-order valence-corrected chi connectivity index (χ0v) is 17.0. The fourth-order valence-corrected chi connectivity index (χ4v) is 4.01. The van der Waals surface area contributed by atoms with E-state index in [9.17, 15) is 14.0 Å². The molecule has 9 heteroatoms. The van der Waals surface area contributed by atoms with E-state index in [0.29, 0.717) is 41.7 Å². The van der Waals surface area contributed by atoms with Gasteiger partial charge in [0.05, 0.1) is 11.5 Å². The van der Waals surface area contributed by atoms with Crippen LogP contribution in [0.1, 0.15) is 25.0 Å². The number of nitrogens with zero attached hydrogens (tertiary/aromatic N) is 3. The van der Waals surface area contributed by atoms with Gasteiger partial charge in [-0.05, 0) is 37.1 Å². The molecule has 1 aliphatic rings. The first kappa shape index (κ1) is 20.2. The van der Waals surface area contributed by atoms with E-state index >= 15 is 0 Å². The lowest BCUT2D eigenvalue weighted by Crippen LogP contribution is -2.43. The van der Waals surface area contributed by atoms with E-state index in [4.69, 9.17) is 4.42 Å². The van der Waals surface area contributed by atoms with Crippen molar-refractivity contribution >= 4 is 28.3 Å². The number of hydrogen-bond acceptors (Lipinski definition) is 6. The summed E-state index contributed by atoms with van der Waals surface area (Å²) in [5.74, 6) is 0.312. The van der Waals surface area contributed by atoms with Crippen LogP contribution in [0.5, 0.6) is 0 Å². The third-order valence-corrected chi connectivity index (χ3v) is 5.73. The number of likely N-dealkylation sites (tertiary alicyclic amines) is 1.